The Balaban J connectivity index is 1.80. The zero-order chi connectivity index (χ0) is 23.5. The zero-order valence-corrected chi connectivity index (χ0v) is 19.6. The first-order valence-corrected chi connectivity index (χ1v) is 11.2. The standard InChI is InChI=1S/C25H22Cl2N4O2/c1-3-22(30(2)25(33)29-21-14-13-16(26)15-19(21)27)23-28-20-12-8-7-11-18(20)24(32)31(23)17-9-5-4-6-10-17/h4-15,22H,3H2,1-2H3,(H,29,33). The molecule has 4 rings (SSSR count). The number of carbonyl (C=O) groups is 1. The lowest BCUT2D eigenvalue weighted by Crippen LogP contribution is -2.38. The summed E-state index contributed by atoms with van der Waals surface area (Å²) in [5, 5.41) is 4.14. The van der Waals surface area contributed by atoms with Gasteiger partial charge in [0.15, 0.2) is 0 Å². The van der Waals surface area contributed by atoms with Crippen molar-refractivity contribution in [1.29, 1.82) is 0 Å². The predicted octanol–water partition coefficient (Wildman–Crippen LogP) is 6.31. The number of benzene rings is 3. The number of halogens is 2. The molecule has 0 fully saturated rings. The van der Waals surface area contributed by atoms with Crippen LogP contribution in [0.5, 0.6) is 0 Å². The van der Waals surface area contributed by atoms with Gasteiger partial charge in [0, 0.05) is 12.1 Å². The number of carbonyl (C=O) groups excluding carboxylic acids is 1. The van der Waals surface area contributed by atoms with Gasteiger partial charge in [-0.25, -0.2) is 9.78 Å². The third-order valence-electron chi connectivity index (χ3n) is 5.46. The number of amides is 2. The Morgan fingerprint density at radius 3 is 2.45 bits per heavy atom. The van der Waals surface area contributed by atoms with Crippen molar-refractivity contribution in [3.8, 4) is 5.69 Å². The van der Waals surface area contributed by atoms with Gasteiger partial charge in [-0.05, 0) is 48.9 Å². The van der Waals surface area contributed by atoms with Crippen molar-refractivity contribution in [3.63, 3.8) is 0 Å². The highest BCUT2D eigenvalue weighted by molar-refractivity contribution is 6.36. The zero-order valence-electron chi connectivity index (χ0n) is 18.1. The fourth-order valence-electron chi connectivity index (χ4n) is 3.77. The number of nitrogens with zero attached hydrogens (tertiary/aromatic N) is 3. The maximum Gasteiger partial charge on any atom is 0.322 e. The number of anilines is 1. The van der Waals surface area contributed by atoms with Crippen molar-refractivity contribution in [2.45, 2.75) is 19.4 Å². The largest absolute Gasteiger partial charge is 0.322 e. The molecule has 0 saturated heterocycles. The number of rotatable bonds is 5. The Bertz CT molecular complexity index is 1370. The molecule has 1 atom stereocenters. The fraction of sp³-hybridized carbons (Fsp3) is 0.160. The first kappa shape index (κ1) is 22.8. The van der Waals surface area contributed by atoms with E-state index >= 15 is 0 Å². The van der Waals surface area contributed by atoms with Crippen molar-refractivity contribution in [1.82, 2.24) is 14.5 Å². The topological polar surface area (TPSA) is 67.2 Å². The highest BCUT2D eigenvalue weighted by Crippen LogP contribution is 2.28. The molecular formula is C25H22Cl2N4O2. The van der Waals surface area contributed by atoms with E-state index in [1.807, 2.05) is 49.4 Å². The summed E-state index contributed by atoms with van der Waals surface area (Å²) < 4.78 is 1.58. The van der Waals surface area contributed by atoms with E-state index in [0.717, 1.165) is 0 Å². The lowest BCUT2D eigenvalue weighted by atomic mass is 10.1. The molecule has 8 heteroatoms. The molecule has 33 heavy (non-hydrogen) atoms. The van der Waals surface area contributed by atoms with Gasteiger partial charge in [0.1, 0.15) is 5.82 Å². The predicted molar refractivity (Wildman–Crippen MR) is 134 cm³/mol. The van der Waals surface area contributed by atoms with Gasteiger partial charge < -0.3 is 10.2 Å². The first-order valence-electron chi connectivity index (χ1n) is 10.5. The van der Waals surface area contributed by atoms with Crippen LogP contribution in [-0.4, -0.2) is 27.5 Å². The van der Waals surface area contributed by atoms with Crippen LogP contribution in [-0.2, 0) is 0 Å². The maximum absolute atomic E-state index is 13.5. The Hall–Kier alpha value is -3.35. The van der Waals surface area contributed by atoms with Crippen molar-refractivity contribution >= 4 is 45.8 Å². The average molecular weight is 481 g/mol. The lowest BCUT2D eigenvalue weighted by Gasteiger charge is -2.29. The van der Waals surface area contributed by atoms with Crippen molar-refractivity contribution in [3.05, 3.63) is 99.0 Å². The minimum Gasteiger partial charge on any atom is -0.317 e. The summed E-state index contributed by atoms with van der Waals surface area (Å²) in [6.45, 7) is 1.94. The molecule has 6 nitrogen and oxygen atoms in total. The normalized spacial score (nSPS) is 11.9. The Labute approximate surface area is 201 Å². The van der Waals surface area contributed by atoms with Crippen LogP contribution in [0.4, 0.5) is 10.5 Å². The third-order valence-corrected chi connectivity index (χ3v) is 6.01. The minimum absolute atomic E-state index is 0.185. The molecule has 0 radical (unpaired) electrons. The first-order chi connectivity index (χ1) is 15.9. The molecule has 0 aliphatic rings. The molecule has 0 bridgehead atoms. The number of para-hydroxylation sites is 2. The molecule has 0 saturated carbocycles. The summed E-state index contributed by atoms with van der Waals surface area (Å²) in [6.07, 6.45) is 0.538. The van der Waals surface area contributed by atoms with Crippen LogP contribution in [0.15, 0.2) is 77.6 Å². The SMILES string of the molecule is CCC(c1nc2ccccc2c(=O)n1-c1ccccc1)N(C)C(=O)Nc1ccc(Cl)cc1Cl. The molecule has 1 aromatic heterocycles. The van der Waals surface area contributed by atoms with Gasteiger partial charge in [0.05, 0.1) is 33.3 Å². The number of urea groups is 1. The smallest absolute Gasteiger partial charge is 0.317 e. The number of hydrogen-bond acceptors (Lipinski definition) is 3. The van der Waals surface area contributed by atoms with Crippen LogP contribution in [0.2, 0.25) is 10.0 Å². The van der Waals surface area contributed by atoms with E-state index in [0.29, 0.717) is 44.6 Å². The molecule has 168 valence electrons. The molecule has 1 N–H and O–H groups in total. The van der Waals surface area contributed by atoms with E-state index in [9.17, 15) is 9.59 Å². The van der Waals surface area contributed by atoms with Crippen LogP contribution in [0.3, 0.4) is 0 Å². The summed E-state index contributed by atoms with van der Waals surface area (Å²) in [6, 6.07) is 20.5. The fourth-order valence-corrected chi connectivity index (χ4v) is 4.22. The second kappa shape index (κ2) is 9.65. The lowest BCUT2D eigenvalue weighted by molar-refractivity contribution is 0.199. The molecule has 1 heterocycles. The van der Waals surface area contributed by atoms with E-state index in [2.05, 4.69) is 5.32 Å². The van der Waals surface area contributed by atoms with Crippen molar-refractivity contribution in [2.24, 2.45) is 0 Å². The summed E-state index contributed by atoms with van der Waals surface area (Å²) in [7, 11) is 1.67. The molecular weight excluding hydrogens is 459 g/mol. The Kier molecular flexibility index (Phi) is 6.67. The van der Waals surface area contributed by atoms with E-state index < -0.39 is 6.04 Å². The van der Waals surface area contributed by atoms with Gasteiger partial charge in [-0.2, -0.15) is 0 Å². The average Bonchev–Trinajstić information content (AvgIpc) is 2.82. The Morgan fingerprint density at radius 1 is 1.06 bits per heavy atom. The number of nitrogens with one attached hydrogen (secondary N) is 1. The molecule has 3 aromatic carbocycles. The summed E-state index contributed by atoms with van der Waals surface area (Å²) in [5.41, 5.74) is 1.52. The molecule has 2 amide bonds. The van der Waals surface area contributed by atoms with Gasteiger partial charge in [0.2, 0.25) is 0 Å². The van der Waals surface area contributed by atoms with Gasteiger partial charge in [0.25, 0.3) is 5.56 Å². The minimum atomic E-state index is -0.478. The van der Waals surface area contributed by atoms with Gasteiger partial charge in [-0.15, -0.1) is 0 Å². The Morgan fingerprint density at radius 2 is 1.76 bits per heavy atom. The van der Waals surface area contributed by atoms with E-state index in [1.165, 1.54) is 4.90 Å². The van der Waals surface area contributed by atoms with Crippen LogP contribution in [0, 0.1) is 0 Å². The van der Waals surface area contributed by atoms with Crippen molar-refractivity contribution in [2.75, 3.05) is 12.4 Å². The maximum atomic E-state index is 13.5. The molecule has 0 aliphatic heterocycles. The van der Waals surface area contributed by atoms with E-state index in [1.54, 1.807) is 41.9 Å². The van der Waals surface area contributed by atoms with Crippen molar-refractivity contribution < 1.29 is 4.79 Å². The second-order valence-electron chi connectivity index (χ2n) is 7.55. The number of hydrogen-bond donors (Lipinski definition) is 1. The molecule has 0 aliphatic carbocycles. The van der Waals surface area contributed by atoms with Gasteiger partial charge in [-0.3, -0.25) is 9.36 Å². The van der Waals surface area contributed by atoms with Gasteiger partial charge >= 0.3 is 6.03 Å². The van der Waals surface area contributed by atoms with Crippen LogP contribution < -0.4 is 10.9 Å². The summed E-state index contributed by atoms with van der Waals surface area (Å²) >= 11 is 12.2. The monoisotopic (exact) mass is 480 g/mol. The van der Waals surface area contributed by atoms with E-state index in [-0.39, 0.29) is 11.6 Å². The molecule has 4 aromatic rings. The molecule has 0 spiro atoms. The number of aromatic nitrogens is 2. The van der Waals surface area contributed by atoms with E-state index in [4.69, 9.17) is 28.2 Å². The van der Waals surface area contributed by atoms with Crippen LogP contribution >= 0.6 is 23.2 Å². The quantitative estimate of drug-likeness (QED) is 0.363. The summed E-state index contributed by atoms with van der Waals surface area (Å²) in [5.74, 6) is 0.479. The highest BCUT2D eigenvalue weighted by Gasteiger charge is 2.27. The molecule has 1 unspecified atom stereocenters. The summed E-state index contributed by atoms with van der Waals surface area (Å²) in [4.78, 5) is 33.0. The van der Waals surface area contributed by atoms with Crippen LogP contribution in [0.1, 0.15) is 25.2 Å². The highest BCUT2D eigenvalue weighted by atomic mass is 35.5. The third kappa shape index (κ3) is 4.58. The number of fused-ring (bicyclic) bond motifs is 1. The van der Waals surface area contributed by atoms with Gasteiger partial charge in [-0.1, -0.05) is 60.5 Å². The second-order valence-corrected chi connectivity index (χ2v) is 8.40. The van der Waals surface area contributed by atoms with Crippen LogP contribution in [0.25, 0.3) is 16.6 Å².